The second kappa shape index (κ2) is 6.46. The van der Waals surface area contributed by atoms with Crippen molar-refractivity contribution >= 4 is 0 Å². The molecule has 1 heteroatoms. The van der Waals surface area contributed by atoms with Gasteiger partial charge in [-0.2, -0.15) is 0 Å². The van der Waals surface area contributed by atoms with Gasteiger partial charge < -0.3 is 4.74 Å². The van der Waals surface area contributed by atoms with Gasteiger partial charge in [0.1, 0.15) is 11.5 Å². The lowest BCUT2D eigenvalue weighted by Gasteiger charge is -2.05. The molecule has 0 atom stereocenters. The summed E-state index contributed by atoms with van der Waals surface area (Å²) in [6.07, 6.45) is 0. The first-order valence-corrected chi connectivity index (χ1v) is 5.14. The van der Waals surface area contributed by atoms with Crippen LogP contribution < -0.4 is 4.74 Å². The van der Waals surface area contributed by atoms with Gasteiger partial charge in [-0.25, -0.2) is 0 Å². The SMILES string of the molecule is C=C.Cc1cccc(Oc2ccccc2)c1. The smallest absolute Gasteiger partial charge is 0.127 e. The fraction of sp³-hybridized carbons (Fsp3) is 0.0667. The molecule has 0 aliphatic rings. The van der Waals surface area contributed by atoms with Gasteiger partial charge in [0.25, 0.3) is 0 Å². The highest BCUT2D eigenvalue weighted by atomic mass is 16.5. The van der Waals surface area contributed by atoms with Gasteiger partial charge >= 0.3 is 0 Å². The maximum Gasteiger partial charge on any atom is 0.127 e. The monoisotopic (exact) mass is 212 g/mol. The Kier molecular flexibility index (Phi) is 4.87. The third-order valence-electron chi connectivity index (χ3n) is 1.97. The van der Waals surface area contributed by atoms with E-state index in [0.717, 1.165) is 11.5 Å². The van der Waals surface area contributed by atoms with E-state index in [1.54, 1.807) is 0 Å². The predicted molar refractivity (Wildman–Crippen MR) is 68.9 cm³/mol. The van der Waals surface area contributed by atoms with E-state index < -0.39 is 0 Å². The fourth-order valence-corrected chi connectivity index (χ4v) is 1.30. The van der Waals surface area contributed by atoms with Gasteiger partial charge in [0.05, 0.1) is 0 Å². The average Bonchev–Trinajstić information content (AvgIpc) is 2.33. The minimum absolute atomic E-state index is 0.873. The molecule has 0 aromatic heterocycles. The predicted octanol–water partition coefficient (Wildman–Crippen LogP) is 4.59. The van der Waals surface area contributed by atoms with Gasteiger partial charge in [0, 0.05) is 0 Å². The quantitative estimate of drug-likeness (QED) is 0.661. The van der Waals surface area contributed by atoms with Crippen molar-refractivity contribution in [3.05, 3.63) is 73.3 Å². The van der Waals surface area contributed by atoms with Crippen molar-refractivity contribution in [3.8, 4) is 11.5 Å². The van der Waals surface area contributed by atoms with E-state index in [1.165, 1.54) is 5.56 Å². The lowest BCUT2D eigenvalue weighted by molar-refractivity contribution is 0.482. The fourth-order valence-electron chi connectivity index (χ4n) is 1.30. The lowest BCUT2D eigenvalue weighted by atomic mass is 10.2. The molecule has 0 fully saturated rings. The Balaban J connectivity index is 0.000000606. The van der Waals surface area contributed by atoms with E-state index >= 15 is 0 Å². The number of rotatable bonds is 2. The maximum absolute atomic E-state index is 5.66. The second-order valence-electron chi connectivity index (χ2n) is 3.23. The topological polar surface area (TPSA) is 9.23 Å². The van der Waals surface area contributed by atoms with Gasteiger partial charge in [-0.05, 0) is 36.8 Å². The molecule has 0 saturated carbocycles. The zero-order chi connectivity index (χ0) is 11.8. The van der Waals surface area contributed by atoms with Crippen molar-refractivity contribution in [3.63, 3.8) is 0 Å². The van der Waals surface area contributed by atoms with E-state index in [0.29, 0.717) is 0 Å². The second-order valence-corrected chi connectivity index (χ2v) is 3.23. The summed E-state index contributed by atoms with van der Waals surface area (Å²) >= 11 is 0. The molecule has 0 amide bonds. The molecule has 0 bridgehead atoms. The molecular weight excluding hydrogens is 196 g/mol. The molecule has 16 heavy (non-hydrogen) atoms. The molecule has 2 aromatic rings. The summed E-state index contributed by atoms with van der Waals surface area (Å²) in [7, 11) is 0. The van der Waals surface area contributed by atoms with Gasteiger partial charge in [0.2, 0.25) is 0 Å². The van der Waals surface area contributed by atoms with Gasteiger partial charge in [-0.3, -0.25) is 0 Å². The number of hydrogen-bond acceptors (Lipinski definition) is 1. The summed E-state index contributed by atoms with van der Waals surface area (Å²) in [5.74, 6) is 1.76. The first-order valence-electron chi connectivity index (χ1n) is 5.14. The van der Waals surface area contributed by atoms with Crippen LogP contribution in [0.4, 0.5) is 0 Å². The van der Waals surface area contributed by atoms with Crippen LogP contribution in [0.25, 0.3) is 0 Å². The van der Waals surface area contributed by atoms with Crippen molar-refractivity contribution in [2.75, 3.05) is 0 Å². The van der Waals surface area contributed by atoms with Crippen LogP contribution in [0, 0.1) is 6.92 Å². The summed E-state index contributed by atoms with van der Waals surface area (Å²) in [6.45, 7) is 8.05. The summed E-state index contributed by atoms with van der Waals surface area (Å²) in [6, 6.07) is 17.8. The van der Waals surface area contributed by atoms with Crippen molar-refractivity contribution < 1.29 is 4.74 Å². The van der Waals surface area contributed by atoms with Crippen LogP contribution in [-0.4, -0.2) is 0 Å². The minimum atomic E-state index is 0.873. The van der Waals surface area contributed by atoms with Crippen LogP contribution in [-0.2, 0) is 0 Å². The van der Waals surface area contributed by atoms with Crippen molar-refractivity contribution in [2.24, 2.45) is 0 Å². The Morgan fingerprint density at radius 1 is 0.812 bits per heavy atom. The molecule has 0 aliphatic heterocycles. The van der Waals surface area contributed by atoms with Crippen LogP contribution in [0.2, 0.25) is 0 Å². The molecule has 0 heterocycles. The number of para-hydroxylation sites is 1. The van der Waals surface area contributed by atoms with E-state index in [1.807, 2.05) is 48.5 Å². The Hall–Kier alpha value is -2.02. The van der Waals surface area contributed by atoms with Crippen molar-refractivity contribution in [2.45, 2.75) is 6.92 Å². The Morgan fingerprint density at radius 2 is 1.44 bits per heavy atom. The molecule has 0 saturated heterocycles. The summed E-state index contributed by atoms with van der Waals surface area (Å²) in [4.78, 5) is 0. The molecule has 0 aliphatic carbocycles. The zero-order valence-electron chi connectivity index (χ0n) is 9.52. The number of benzene rings is 2. The maximum atomic E-state index is 5.66. The first kappa shape index (κ1) is 12.1. The standard InChI is InChI=1S/C13H12O.C2H4/c1-11-6-5-9-13(10-11)14-12-7-3-2-4-8-12;1-2/h2-10H,1H3;1-2H2. The largest absolute Gasteiger partial charge is 0.457 e. The molecule has 1 nitrogen and oxygen atoms in total. The third kappa shape index (κ3) is 3.62. The molecule has 0 unspecified atom stereocenters. The van der Waals surface area contributed by atoms with Gasteiger partial charge in [0.15, 0.2) is 0 Å². The normalized spacial score (nSPS) is 8.81. The third-order valence-corrected chi connectivity index (χ3v) is 1.97. The molecule has 0 radical (unpaired) electrons. The molecule has 0 N–H and O–H groups in total. The lowest BCUT2D eigenvalue weighted by Crippen LogP contribution is -1.83. The highest BCUT2D eigenvalue weighted by molar-refractivity contribution is 5.33. The van der Waals surface area contributed by atoms with E-state index in [9.17, 15) is 0 Å². The molecular formula is C15H16O. The van der Waals surface area contributed by atoms with Gasteiger partial charge in [-0.1, -0.05) is 30.3 Å². The van der Waals surface area contributed by atoms with Crippen LogP contribution in [0.3, 0.4) is 0 Å². The van der Waals surface area contributed by atoms with Gasteiger partial charge in [-0.15, -0.1) is 13.2 Å². The van der Waals surface area contributed by atoms with E-state index in [4.69, 9.17) is 4.74 Å². The number of hydrogen-bond donors (Lipinski definition) is 0. The average molecular weight is 212 g/mol. The summed E-state index contributed by atoms with van der Waals surface area (Å²) in [5, 5.41) is 0. The van der Waals surface area contributed by atoms with Crippen molar-refractivity contribution in [1.29, 1.82) is 0 Å². The Morgan fingerprint density at radius 3 is 2.06 bits per heavy atom. The number of aryl methyl sites for hydroxylation is 1. The summed E-state index contributed by atoms with van der Waals surface area (Å²) in [5.41, 5.74) is 1.21. The zero-order valence-corrected chi connectivity index (χ0v) is 9.52. The molecule has 2 rings (SSSR count). The first-order chi connectivity index (χ1) is 7.84. The van der Waals surface area contributed by atoms with Crippen LogP contribution in [0.5, 0.6) is 11.5 Å². The van der Waals surface area contributed by atoms with Crippen LogP contribution >= 0.6 is 0 Å². The Bertz CT molecular complexity index is 420. The molecule has 0 spiro atoms. The molecule has 2 aromatic carbocycles. The number of ether oxygens (including phenoxy) is 1. The van der Waals surface area contributed by atoms with E-state index in [2.05, 4.69) is 26.1 Å². The van der Waals surface area contributed by atoms with Crippen LogP contribution in [0.1, 0.15) is 5.56 Å². The minimum Gasteiger partial charge on any atom is -0.457 e. The van der Waals surface area contributed by atoms with E-state index in [-0.39, 0.29) is 0 Å². The Labute approximate surface area is 97.0 Å². The van der Waals surface area contributed by atoms with Crippen LogP contribution in [0.15, 0.2) is 67.8 Å². The highest BCUT2D eigenvalue weighted by Gasteiger charge is 1.95. The van der Waals surface area contributed by atoms with Crippen molar-refractivity contribution in [1.82, 2.24) is 0 Å². The highest BCUT2D eigenvalue weighted by Crippen LogP contribution is 2.21. The summed E-state index contributed by atoms with van der Waals surface area (Å²) < 4.78 is 5.66. The molecule has 82 valence electrons.